The molecule has 0 aliphatic heterocycles. The molecule has 2 rings (SSSR count). The Labute approximate surface area is 136 Å². The molecule has 0 unspecified atom stereocenters. The predicted molar refractivity (Wildman–Crippen MR) is 92.8 cm³/mol. The van der Waals surface area contributed by atoms with Gasteiger partial charge in [0.15, 0.2) is 0 Å². The highest BCUT2D eigenvalue weighted by Gasteiger charge is 2.12. The molecule has 0 heterocycles. The van der Waals surface area contributed by atoms with Crippen LogP contribution in [0.5, 0.6) is 0 Å². The molecule has 0 fully saturated rings. The lowest BCUT2D eigenvalue weighted by Gasteiger charge is -2.12. The van der Waals surface area contributed by atoms with Gasteiger partial charge in [-0.3, -0.25) is 9.59 Å². The molecule has 4 heteroatoms. The molecular weight excluding hydrogens is 288 g/mol. The molecule has 0 aliphatic carbocycles. The molecule has 0 radical (unpaired) electrons. The Bertz CT molecular complexity index is 749. The van der Waals surface area contributed by atoms with Crippen LogP contribution in [0, 0.1) is 13.8 Å². The van der Waals surface area contributed by atoms with Crippen molar-refractivity contribution >= 4 is 23.6 Å². The lowest BCUT2D eigenvalue weighted by Crippen LogP contribution is -2.29. The zero-order chi connectivity index (χ0) is 16.8. The molecule has 2 aromatic rings. The van der Waals surface area contributed by atoms with E-state index in [0.29, 0.717) is 0 Å². The summed E-state index contributed by atoms with van der Waals surface area (Å²) >= 11 is 0. The van der Waals surface area contributed by atoms with E-state index in [4.69, 9.17) is 0 Å². The van der Waals surface area contributed by atoms with Crippen LogP contribution in [0.2, 0.25) is 0 Å². The standard InChI is InChI=1S/C19H20N2O2/c1-13-9-10-14(2)17(11-13)21-19(23)18(20-15(3)22)12-16-7-5-4-6-8-16/h4-12H,1-3H3,(H,20,22)(H,21,23)/b18-12-. The van der Waals surface area contributed by atoms with Gasteiger partial charge in [0.2, 0.25) is 5.91 Å². The fraction of sp³-hybridized carbons (Fsp3) is 0.158. The van der Waals surface area contributed by atoms with E-state index < -0.39 is 0 Å². The van der Waals surface area contributed by atoms with E-state index in [1.807, 2.05) is 62.4 Å². The number of carbonyl (C=O) groups is 2. The third-order valence-corrected chi connectivity index (χ3v) is 3.31. The number of rotatable bonds is 4. The van der Waals surface area contributed by atoms with Crippen molar-refractivity contribution in [3.8, 4) is 0 Å². The van der Waals surface area contributed by atoms with Crippen molar-refractivity contribution in [2.24, 2.45) is 0 Å². The average Bonchev–Trinajstić information content (AvgIpc) is 2.51. The highest BCUT2D eigenvalue weighted by atomic mass is 16.2. The molecule has 2 amide bonds. The molecule has 118 valence electrons. The zero-order valence-corrected chi connectivity index (χ0v) is 13.5. The lowest BCUT2D eigenvalue weighted by atomic mass is 10.1. The van der Waals surface area contributed by atoms with Crippen molar-refractivity contribution in [1.29, 1.82) is 0 Å². The number of carbonyl (C=O) groups excluding carboxylic acids is 2. The Morgan fingerprint density at radius 2 is 1.70 bits per heavy atom. The molecule has 4 nitrogen and oxygen atoms in total. The minimum atomic E-state index is -0.349. The highest BCUT2D eigenvalue weighted by Crippen LogP contribution is 2.17. The first-order chi connectivity index (χ1) is 11.0. The van der Waals surface area contributed by atoms with Gasteiger partial charge in [-0.15, -0.1) is 0 Å². The summed E-state index contributed by atoms with van der Waals surface area (Å²) < 4.78 is 0. The minimum absolute atomic E-state index is 0.213. The van der Waals surface area contributed by atoms with Crippen molar-refractivity contribution < 1.29 is 9.59 Å². The van der Waals surface area contributed by atoms with Gasteiger partial charge in [0, 0.05) is 12.6 Å². The van der Waals surface area contributed by atoms with Crippen LogP contribution in [-0.4, -0.2) is 11.8 Å². The van der Waals surface area contributed by atoms with Gasteiger partial charge >= 0.3 is 0 Å². The molecule has 2 aromatic carbocycles. The molecular formula is C19H20N2O2. The molecule has 0 aliphatic rings. The Hall–Kier alpha value is -2.88. The smallest absolute Gasteiger partial charge is 0.272 e. The van der Waals surface area contributed by atoms with Gasteiger partial charge in [-0.1, -0.05) is 42.5 Å². The summed E-state index contributed by atoms with van der Waals surface area (Å²) in [5.41, 5.74) is 3.81. The maximum atomic E-state index is 12.5. The van der Waals surface area contributed by atoms with Gasteiger partial charge in [0.1, 0.15) is 5.70 Å². The van der Waals surface area contributed by atoms with E-state index >= 15 is 0 Å². The van der Waals surface area contributed by atoms with Crippen molar-refractivity contribution in [2.75, 3.05) is 5.32 Å². The number of aryl methyl sites for hydroxylation is 2. The summed E-state index contributed by atoms with van der Waals surface area (Å²) in [4.78, 5) is 23.9. The number of nitrogens with one attached hydrogen (secondary N) is 2. The topological polar surface area (TPSA) is 58.2 Å². The highest BCUT2D eigenvalue weighted by molar-refractivity contribution is 6.08. The summed E-state index contributed by atoms with van der Waals surface area (Å²) in [5, 5.41) is 5.45. The van der Waals surface area contributed by atoms with Crippen LogP contribution in [-0.2, 0) is 9.59 Å². The average molecular weight is 308 g/mol. The van der Waals surface area contributed by atoms with Gasteiger partial charge in [-0.05, 0) is 42.7 Å². The van der Waals surface area contributed by atoms with Gasteiger partial charge in [0.05, 0.1) is 0 Å². The largest absolute Gasteiger partial charge is 0.322 e. The normalized spacial score (nSPS) is 11.0. The van der Waals surface area contributed by atoms with E-state index in [0.717, 1.165) is 22.4 Å². The molecule has 0 aromatic heterocycles. The Balaban J connectivity index is 2.28. The third kappa shape index (κ3) is 4.81. The summed E-state index contributed by atoms with van der Waals surface area (Å²) in [6.07, 6.45) is 1.65. The predicted octanol–water partition coefficient (Wildman–Crippen LogP) is 3.42. The first-order valence-corrected chi connectivity index (χ1v) is 7.38. The Morgan fingerprint density at radius 1 is 1.00 bits per heavy atom. The van der Waals surface area contributed by atoms with Gasteiger partial charge < -0.3 is 10.6 Å². The maximum absolute atomic E-state index is 12.5. The second kappa shape index (κ2) is 7.40. The van der Waals surface area contributed by atoms with Crippen LogP contribution in [0.1, 0.15) is 23.6 Å². The molecule has 0 spiro atoms. The SMILES string of the molecule is CC(=O)N/C(=C\c1ccccc1)C(=O)Nc1cc(C)ccc1C. The van der Waals surface area contributed by atoms with Crippen LogP contribution in [0.4, 0.5) is 5.69 Å². The van der Waals surface area contributed by atoms with Crippen LogP contribution < -0.4 is 10.6 Å². The van der Waals surface area contributed by atoms with Gasteiger partial charge in [0.25, 0.3) is 5.91 Å². The summed E-state index contributed by atoms with van der Waals surface area (Å²) in [6.45, 7) is 5.27. The first-order valence-electron chi connectivity index (χ1n) is 7.38. The Kier molecular flexibility index (Phi) is 5.31. The van der Waals surface area contributed by atoms with Crippen LogP contribution in [0.25, 0.3) is 6.08 Å². The monoisotopic (exact) mass is 308 g/mol. The van der Waals surface area contributed by atoms with Crippen molar-refractivity contribution in [3.63, 3.8) is 0 Å². The molecule has 2 N–H and O–H groups in total. The summed E-state index contributed by atoms with van der Waals surface area (Å²) in [5.74, 6) is -0.638. The van der Waals surface area contributed by atoms with Crippen LogP contribution >= 0.6 is 0 Å². The van der Waals surface area contributed by atoms with Crippen molar-refractivity contribution in [3.05, 3.63) is 70.9 Å². The van der Waals surface area contributed by atoms with E-state index in [1.54, 1.807) is 6.08 Å². The summed E-state index contributed by atoms with van der Waals surface area (Å²) in [6, 6.07) is 15.2. The van der Waals surface area contributed by atoms with E-state index in [9.17, 15) is 9.59 Å². The molecule has 0 atom stereocenters. The Morgan fingerprint density at radius 3 is 2.35 bits per heavy atom. The molecule has 0 saturated heterocycles. The van der Waals surface area contributed by atoms with E-state index in [-0.39, 0.29) is 17.5 Å². The fourth-order valence-corrected chi connectivity index (χ4v) is 2.12. The molecule has 23 heavy (non-hydrogen) atoms. The minimum Gasteiger partial charge on any atom is -0.322 e. The van der Waals surface area contributed by atoms with Crippen LogP contribution in [0.3, 0.4) is 0 Å². The number of benzene rings is 2. The van der Waals surface area contributed by atoms with E-state index in [1.165, 1.54) is 6.92 Å². The van der Waals surface area contributed by atoms with Gasteiger partial charge in [-0.2, -0.15) is 0 Å². The molecule has 0 bridgehead atoms. The zero-order valence-electron chi connectivity index (χ0n) is 13.5. The second-order valence-electron chi connectivity index (χ2n) is 5.42. The van der Waals surface area contributed by atoms with Crippen molar-refractivity contribution in [1.82, 2.24) is 5.32 Å². The molecule has 0 saturated carbocycles. The maximum Gasteiger partial charge on any atom is 0.272 e. The van der Waals surface area contributed by atoms with E-state index in [2.05, 4.69) is 10.6 Å². The number of anilines is 1. The third-order valence-electron chi connectivity index (χ3n) is 3.31. The van der Waals surface area contributed by atoms with Crippen LogP contribution in [0.15, 0.2) is 54.2 Å². The quantitative estimate of drug-likeness (QED) is 0.850. The van der Waals surface area contributed by atoms with Gasteiger partial charge in [-0.25, -0.2) is 0 Å². The lowest BCUT2D eigenvalue weighted by molar-refractivity contribution is -0.120. The second-order valence-corrected chi connectivity index (χ2v) is 5.42. The number of hydrogen-bond donors (Lipinski definition) is 2. The number of hydrogen-bond acceptors (Lipinski definition) is 2. The van der Waals surface area contributed by atoms with Crippen molar-refractivity contribution in [2.45, 2.75) is 20.8 Å². The fourth-order valence-electron chi connectivity index (χ4n) is 2.12. The summed E-state index contributed by atoms with van der Waals surface area (Å²) in [7, 11) is 0. The first kappa shape index (κ1) is 16.5. The number of amides is 2.